The quantitative estimate of drug-likeness (QED) is 0.850. The molecular weight excluding hydrogens is 270 g/mol. The second-order valence-electron chi connectivity index (χ2n) is 4.94. The van der Waals surface area contributed by atoms with Crippen molar-refractivity contribution in [3.63, 3.8) is 0 Å². The van der Waals surface area contributed by atoms with E-state index in [1.165, 1.54) is 7.11 Å². The van der Waals surface area contributed by atoms with Crippen molar-refractivity contribution in [1.82, 2.24) is 14.8 Å². The molecule has 1 aliphatic heterocycles. The summed E-state index contributed by atoms with van der Waals surface area (Å²) in [6, 6.07) is 0. The summed E-state index contributed by atoms with van der Waals surface area (Å²) in [6.07, 6.45) is 3.66. The molecular formula is C15H21N3O3. The van der Waals surface area contributed by atoms with E-state index >= 15 is 0 Å². The summed E-state index contributed by atoms with van der Waals surface area (Å²) in [4.78, 5) is 31.7. The predicted octanol–water partition coefficient (Wildman–Crippen LogP) is 1.69. The molecule has 114 valence electrons. The second-order valence-corrected chi connectivity index (χ2v) is 4.94. The van der Waals surface area contributed by atoms with Gasteiger partial charge in [0.05, 0.1) is 19.2 Å². The summed E-state index contributed by atoms with van der Waals surface area (Å²) >= 11 is 0. The molecule has 1 aliphatic rings. The van der Waals surface area contributed by atoms with E-state index in [0.717, 1.165) is 11.1 Å². The van der Waals surface area contributed by atoms with Crippen LogP contribution in [0.15, 0.2) is 12.4 Å². The number of methoxy groups -OCH3 is 1. The van der Waals surface area contributed by atoms with E-state index in [9.17, 15) is 9.59 Å². The van der Waals surface area contributed by atoms with Crippen LogP contribution in [0.25, 0.3) is 0 Å². The van der Waals surface area contributed by atoms with Crippen molar-refractivity contribution in [3.8, 4) is 0 Å². The van der Waals surface area contributed by atoms with E-state index < -0.39 is 0 Å². The van der Waals surface area contributed by atoms with Gasteiger partial charge in [-0.2, -0.15) is 0 Å². The van der Waals surface area contributed by atoms with Crippen molar-refractivity contribution in [1.29, 1.82) is 0 Å². The van der Waals surface area contributed by atoms with Crippen LogP contribution in [-0.4, -0.2) is 53.5 Å². The lowest BCUT2D eigenvalue weighted by Gasteiger charge is -2.29. The molecule has 0 radical (unpaired) electrons. The first-order valence-electron chi connectivity index (χ1n) is 7.20. The highest BCUT2D eigenvalue weighted by atomic mass is 16.5. The van der Waals surface area contributed by atoms with Crippen LogP contribution in [0, 0.1) is 0 Å². The standard InChI is InChI=1S/C15H21N3O3/c1-4-17(5-2)14(19)13-9-16-8-11-10-18(15(20)21-3)7-6-12(11)13/h8-9H,4-7,10H2,1-3H3. The van der Waals surface area contributed by atoms with Gasteiger partial charge in [0.1, 0.15) is 0 Å². The van der Waals surface area contributed by atoms with Crippen LogP contribution >= 0.6 is 0 Å². The summed E-state index contributed by atoms with van der Waals surface area (Å²) in [6.45, 7) is 6.27. The highest BCUT2D eigenvalue weighted by Crippen LogP contribution is 2.23. The fourth-order valence-electron chi connectivity index (χ4n) is 2.64. The summed E-state index contributed by atoms with van der Waals surface area (Å²) in [5, 5.41) is 0. The smallest absolute Gasteiger partial charge is 0.409 e. The van der Waals surface area contributed by atoms with Crippen molar-refractivity contribution in [2.75, 3.05) is 26.7 Å². The summed E-state index contributed by atoms with van der Waals surface area (Å²) in [5.41, 5.74) is 2.58. The molecule has 1 aromatic rings. The largest absolute Gasteiger partial charge is 0.453 e. The van der Waals surface area contributed by atoms with Gasteiger partial charge in [-0.15, -0.1) is 0 Å². The maximum Gasteiger partial charge on any atom is 0.409 e. The Morgan fingerprint density at radius 2 is 2.05 bits per heavy atom. The monoisotopic (exact) mass is 291 g/mol. The van der Waals surface area contributed by atoms with Crippen LogP contribution < -0.4 is 0 Å². The first-order chi connectivity index (χ1) is 10.1. The van der Waals surface area contributed by atoms with E-state index in [2.05, 4.69) is 4.98 Å². The molecule has 0 atom stereocenters. The number of rotatable bonds is 3. The molecule has 0 aliphatic carbocycles. The van der Waals surface area contributed by atoms with Gasteiger partial charge in [0, 0.05) is 32.0 Å². The summed E-state index contributed by atoms with van der Waals surface area (Å²) < 4.78 is 4.75. The highest BCUT2D eigenvalue weighted by Gasteiger charge is 2.26. The third kappa shape index (κ3) is 2.99. The topological polar surface area (TPSA) is 62.7 Å². The molecule has 21 heavy (non-hydrogen) atoms. The van der Waals surface area contributed by atoms with E-state index in [1.807, 2.05) is 13.8 Å². The molecule has 0 fully saturated rings. The maximum atomic E-state index is 12.5. The highest BCUT2D eigenvalue weighted by molar-refractivity contribution is 5.95. The third-order valence-corrected chi connectivity index (χ3v) is 3.85. The number of carbonyl (C=O) groups is 2. The fraction of sp³-hybridized carbons (Fsp3) is 0.533. The minimum atomic E-state index is -0.346. The van der Waals surface area contributed by atoms with Gasteiger partial charge >= 0.3 is 6.09 Å². The van der Waals surface area contributed by atoms with E-state index in [4.69, 9.17) is 4.74 Å². The van der Waals surface area contributed by atoms with Gasteiger partial charge in [-0.3, -0.25) is 9.78 Å². The molecule has 0 spiro atoms. The number of hydrogen-bond acceptors (Lipinski definition) is 4. The number of carbonyl (C=O) groups excluding carboxylic acids is 2. The van der Waals surface area contributed by atoms with Crippen LogP contribution in [0.1, 0.15) is 35.3 Å². The molecule has 0 bridgehead atoms. The molecule has 2 heterocycles. The van der Waals surface area contributed by atoms with Gasteiger partial charge in [-0.25, -0.2) is 4.79 Å². The van der Waals surface area contributed by atoms with Gasteiger partial charge in [0.25, 0.3) is 5.91 Å². The third-order valence-electron chi connectivity index (χ3n) is 3.85. The predicted molar refractivity (Wildman–Crippen MR) is 78.0 cm³/mol. The second kappa shape index (κ2) is 6.56. The van der Waals surface area contributed by atoms with Gasteiger partial charge in [0.15, 0.2) is 0 Å². The molecule has 0 N–H and O–H groups in total. The Morgan fingerprint density at radius 1 is 1.33 bits per heavy atom. The van der Waals surface area contributed by atoms with Gasteiger partial charge in [-0.1, -0.05) is 0 Å². The van der Waals surface area contributed by atoms with E-state index in [1.54, 1.807) is 22.2 Å². The SMILES string of the molecule is CCN(CC)C(=O)c1cncc2c1CCN(C(=O)OC)C2. The van der Waals surface area contributed by atoms with Crippen LogP contribution in [0.4, 0.5) is 4.79 Å². The van der Waals surface area contributed by atoms with Crippen molar-refractivity contribution in [2.45, 2.75) is 26.8 Å². The average molecular weight is 291 g/mol. The van der Waals surface area contributed by atoms with Gasteiger partial charge < -0.3 is 14.5 Å². The molecule has 2 rings (SSSR count). The summed E-state index contributed by atoms with van der Waals surface area (Å²) in [5.74, 6) is 0.0101. The Morgan fingerprint density at radius 3 is 2.67 bits per heavy atom. The molecule has 0 unspecified atom stereocenters. The maximum absolute atomic E-state index is 12.5. The molecule has 6 heteroatoms. The molecule has 0 aromatic carbocycles. The average Bonchev–Trinajstić information content (AvgIpc) is 2.53. The zero-order chi connectivity index (χ0) is 15.4. The van der Waals surface area contributed by atoms with Crippen LogP contribution in [0.3, 0.4) is 0 Å². The fourth-order valence-corrected chi connectivity index (χ4v) is 2.64. The lowest BCUT2D eigenvalue weighted by molar-refractivity contribution is 0.0770. The molecule has 6 nitrogen and oxygen atoms in total. The lowest BCUT2D eigenvalue weighted by Crippen LogP contribution is -2.38. The number of aromatic nitrogens is 1. The molecule has 0 saturated heterocycles. The zero-order valence-electron chi connectivity index (χ0n) is 12.8. The van der Waals surface area contributed by atoms with E-state index in [-0.39, 0.29) is 12.0 Å². The number of fused-ring (bicyclic) bond motifs is 1. The number of nitrogens with zero attached hydrogens (tertiary/aromatic N) is 3. The number of pyridine rings is 1. The van der Waals surface area contributed by atoms with Gasteiger partial charge in [0.2, 0.25) is 0 Å². The Kier molecular flexibility index (Phi) is 4.77. The Hall–Kier alpha value is -2.11. The Bertz CT molecular complexity index is 541. The van der Waals surface area contributed by atoms with Crippen molar-refractivity contribution < 1.29 is 14.3 Å². The minimum absolute atomic E-state index is 0.0101. The first kappa shape index (κ1) is 15.3. The minimum Gasteiger partial charge on any atom is -0.453 e. The van der Waals surface area contributed by atoms with Crippen LogP contribution in [0.5, 0.6) is 0 Å². The number of hydrogen-bond donors (Lipinski definition) is 0. The van der Waals surface area contributed by atoms with E-state index in [0.29, 0.717) is 38.2 Å². The van der Waals surface area contributed by atoms with Crippen molar-refractivity contribution in [2.24, 2.45) is 0 Å². The Labute approximate surface area is 124 Å². The molecule has 2 amide bonds. The first-order valence-corrected chi connectivity index (χ1v) is 7.20. The van der Waals surface area contributed by atoms with Gasteiger partial charge in [-0.05, 0) is 31.4 Å². The van der Waals surface area contributed by atoms with Crippen LogP contribution in [0.2, 0.25) is 0 Å². The number of amides is 2. The van der Waals surface area contributed by atoms with Crippen molar-refractivity contribution >= 4 is 12.0 Å². The molecule has 0 saturated carbocycles. The number of ether oxygens (including phenoxy) is 1. The summed E-state index contributed by atoms with van der Waals surface area (Å²) in [7, 11) is 1.37. The molecule has 1 aromatic heterocycles. The van der Waals surface area contributed by atoms with Crippen molar-refractivity contribution in [3.05, 3.63) is 29.1 Å². The normalized spacial score (nSPS) is 13.6. The zero-order valence-corrected chi connectivity index (χ0v) is 12.8. The Balaban J connectivity index is 2.29. The lowest BCUT2D eigenvalue weighted by atomic mass is 9.96. The van der Waals surface area contributed by atoms with Crippen LogP contribution in [-0.2, 0) is 17.7 Å².